The quantitative estimate of drug-likeness (QED) is 0.167. The smallest absolute Gasteiger partial charge is 0.667 e. The molecular weight excluding hydrogens is 524 g/mol. The van der Waals surface area contributed by atoms with Crippen LogP contribution in [0.1, 0.15) is 83.1 Å². The zero-order valence-electron chi connectivity index (χ0n) is 25.3. The molecule has 6 heteroatoms. The number of hydrogen-bond donors (Lipinski definition) is 0. The van der Waals surface area contributed by atoms with E-state index < -0.39 is 16.5 Å². The minimum absolute atomic E-state index is 0. The SMILES string of the molecule is CC(C)(C)P(C[Si](C)(C)[N-][Si](C)(C)CP(C(C)(C)C)C(C)(C)C)C(C)(C)C.[CH3-].[CH3-].[CH3-].[Zr+4]. The molecule has 0 aromatic carbocycles. The normalized spacial score (nSPS) is 13.7. The Morgan fingerprint density at radius 1 is 0.484 bits per heavy atom. The molecule has 0 fully saturated rings. The van der Waals surface area contributed by atoms with Crippen molar-refractivity contribution in [1.82, 2.24) is 0 Å². The van der Waals surface area contributed by atoms with Crippen LogP contribution in [0.3, 0.4) is 0 Å². The Kier molecular flexibility index (Phi) is 19.6. The minimum Gasteiger partial charge on any atom is -0.667 e. The molecule has 0 amide bonds. The van der Waals surface area contributed by atoms with Crippen molar-refractivity contribution in [2.75, 3.05) is 11.6 Å². The first-order chi connectivity index (χ1) is 11.4. The van der Waals surface area contributed by atoms with Crippen molar-refractivity contribution in [3.05, 3.63) is 26.9 Å². The largest absolute Gasteiger partial charge is 4.00 e. The number of hydrogen-bond acceptors (Lipinski definition) is 0. The summed E-state index contributed by atoms with van der Waals surface area (Å²) < 4.78 is 5.78. The second-order valence-corrected chi connectivity index (χ2v) is 31.3. The summed E-state index contributed by atoms with van der Waals surface area (Å²) in [6.07, 6.45) is 0. The van der Waals surface area contributed by atoms with E-state index >= 15 is 0 Å². The zero-order valence-corrected chi connectivity index (χ0v) is 31.5. The fourth-order valence-corrected chi connectivity index (χ4v) is 30.8. The van der Waals surface area contributed by atoms with E-state index in [2.05, 4.69) is 109 Å². The average Bonchev–Trinajstić information content (AvgIpc) is 2.26. The van der Waals surface area contributed by atoms with Gasteiger partial charge in [0.2, 0.25) is 0 Å². The molecule has 0 atom stereocenters. The van der Waals surface area contributed by atoms with Crippen LogP contribution in [0.2, 0.25) is 26.2 Å². The van der Waals surface area contributed by atoms with E-state index in [1.54, 1.807) is 0 Å². The van der Waals surface area contributed by atoms with Gasteiger partial charge >= 0.3 is 26.2 Å². The summed E-state index contributed by atoms with van der Waals surface area (Å²) in [5, 5.41) is 1.62. The van der Waals surface area contributed by atoms with Gasteiger partial charge in [-0.25, -0.2) is 0 Å². The molecular formula is C25H61NP2Si2Zr. The summed E-state index contributed by atoms with van der Waals surface area (Å²) in [7, 11) is -3.27. The van der Waals surface area contributed by atoms with Crippen LogP contribution in [-0.2, 0) is 26.2 Å². The molecule has 0 heterocycles. The standard InChI is InChI=1S/C22H52NP2Si2.3CH3.Zr/c1-19(2,3)24(20(4,5)6)17-26(13,14)23-27(15,16)18-25(21(7,8)9)22(10,11)12;;;;/h17-18H2,1-16H3;3*1H3;/q4*-1;+4. The Balaban J connectivity index is -0.000000563. The van der Waals surface area contributed by atoms with Crippen LogP contribution in [0, 0.1) is 22.3 Å². The molecule has 0 aromatic heterocycles. The topological polar surface area (TPSA) is 14.1 Å². The van der Waals surface area contributed by atoms with Crippen molar-refractivity contribution in [2.45, 2.75) is 130 Å². The first-order valence-corrected chi connectivity index (χ1v) is 20.0. The minimum atomic E-state index is -1.58. The van der Waals surface area contributed by atoms with Crippen LogP contribution < -0.4 is 0 Å². The van der Waals surface area contributed by atoms with E-state index in [-0.39, 0.29) is 64.3 Å². The molecule has 188 valence electrons. The molecule has 0 aromatic rings. The molecule has 0 rings (SSSR count). The number of nitrogens with zero attached hydrogens (tertiary/aromatic N) is 1. The third-order valence-corrected chi connectivity index (χ3v) is 25.0. The van der Waals surface area contributed by atoms with Crippen molar-refractivity contribution in [3.8, 4) is 0 Å². The van der Waals surface area contributed by atoms with Gasteiger partial charge in [-0.05, 0) is 20.6 Å². The van der Waals surface area contributed by atoms with Crippen molar-refractivity contribution in [3.63, 3.8) is 0 Å². The second-order valence-electron chi connectivity index (χ2n) is 13.6. The summed E-state index contributed by atoms with van der Waals surface area (Å²) in [4.78, 5) is 0. The predicted molar refractivity (Wildman–Crippen MR) is 160 cm³/mol. The summed E-state index contributed by atoms with van der Waals surface area (Å²) in [6.45, 7) is 39.6. The van der Waals surface area contributed by atoms with Gasteiger partial charge in [-0.2, -0.15) is 0 Å². The first kappa shape index (κ1) is 43.2. The number of rotatable bonds is 6. The molecule has 0 aliphatic rings. The van der Waals surface area contributed by atoms with Crippen LogP contribution in [0.15, 0.2) is 0 Å². The van der Waals surface area contributed by atoms with Gasteiger partial charge in [0.1, 0.15) is 0 Å². The van der Waals surface area contributed by atoms with Crippen LogP contribution >= 0.6 is 15.8 Å². The molecule has 0 saturated heterocycles. The van der Waals surface area contributed by atoms with Crippen LogP contribution in [0.5, 0.6) is 0 Å². The molecule has 0 saturated carbocycles. The molecule has 0 aliphatic heterocycles. The van der Waals surface area contributed by atoms with E-state index in [0.717, 1.165) is 0 Å². The molecule has 0 spiro atoms. The molecule has 1 nitrogen and oxygen atoms in total. The Hall–Kier alpha value is 2.14. The molecule has 0 aliphatic carbocycles. The van der Waals surface area contributed by atoms with Gasteiger partial charge in [-0.15, -0.1) is 15.8 Å². The van der Waals surface area contributed by atoms with E-state index in [4.69, 9.17) is 4.65 Å². The molecule has 0 N–H and O–H groups in total. The van der Waals surface area contributed by atoms with Gasteiger partial charge in [0, 0.05) is 0 Å². The first-order valence-electron chi connectivity index (χ1n) is 10.7. The monoisotopic (exact) mass is 583 g/mol. The van der Waals surface area contributed by atoms with Gasteiger partial charge < -0.3 is 26.9 Å². The fourth-order valence-electron chi connectivity index (χ4n) is 4.63. The van der Waals surface area contributed by atoms with Crippen LogP contribution in [0.25, 0.3) is 4.65 Å². The Morgan fingerprint density at radius 3 is 0.774 bits per heavy atom. The molecule has 0 unspecified atom stereocenters. The van der Waals surface area contributed by atoms with E-state index in [1.165, 1.54) is 11.6 Å². The van der Waals surface area contributed by atoms with E-state index in [9.17, 15) is 0 Å². The Labute approximate surface area is 225 Å². The Morgan fingerprint density at radius 2 is 0.645 bits per heavy atom. The molecule has 0 radical (unpaired) electrons. The maximum atomic E-state index is 5.78. The summed E-state index contributed by atoms with van der Waals surface area (Å²) in [5.74, 6) is 2.77. The fraction of sp³-hybridized carbons (Fsp3) is 0.880. The van der Waals surface area contributed by atoms with Gasteiger partial charge in [-0.3, -0.25) is 0 Å². The summed E-state index contributed by atoms with van der Waals surface area (Å²) >= 11 is 0. The molecule has 31 heavy (non-hydrogen) atoms. The average molecular weight is 585 g/mol. The zero-order chi connectivity index (χ0) is 22.3. The van der Waals surface area contributed by atoms with Crippen molar-refractivity contribution >= 4 is 32.3 Å². The van der Waals surface area contributed by atoms with Gasteiger partial charge in [0.25, 0.3) is 0 Å². The van der Waals surface area contributed by atoms with Crippen molar-refractivity contribution < 1.29 is 26.2 Å². The summed E-state index contributed by atoms with van der Waals surface area (Å²) in [6, 6.07) is 0. The maximum absolute atomic E-state index is 5.78. The van der Waals surface area contributed by atoms with Crippen molar-refractivity contribution in [1.29, 1.82) is 0 Å². The van der Waals surface area contributed by atoms with Gasteiger partial charge in [0.15, 0.2) is 0 Å². The van der Waals surface area contributed by atoms with Gasteiger partial charge in [0.05, 0.1) is 0 Å². The maximum Gasteiger partial charge on any atom is 4.00 e. The third kappa shape index (κ3) is 16.4. The Bertz CT molecular complexity index is 410. The predicted octanol–water partition coefficient (Wildman–Crippen LogP) is 10.4. The van der Waals surface area contributed by atoms with Gasteiger partial charge in [-0.1, -0.05) is 137 Å². The second kappa shape index (κ2) is 14.0. The third-order valence-electron chi connectivity index (χ3n) is 4.93. The van der Waals surface area contributed by atoms with Crippen molar-refractivity contribution in [2.24, 2.45) is 0 Å². The van der Waals surface area contributed by atoms with E-state index in [1.807, 2.05) is 0 Å². The van der Waals surface area contributed by atoms with E-state index in [0.29, 0.717) is 20.6 Å². The van der Waals surface area contributed by atoms with Crippen LogP contribution in [-0.4, -0.2) is 48.7 Å². The summed E-state index contributed by atoms with van der Waals surface area (Å²) in [5.41, 5.74) is 0. The molecule has 0 bridgehead atoms. The van der Waals surface area contributed by atoms with Crippen LogP contribution in [0.4, 0.5) is 0 Å².